The SMILES string of the molecule is CC/C=C\C/C=C\C/C=C\C/C=C\C/C=C\CCCCCC(=O)OCC(COP(=O)(O)OCC[N+](C)(C)C)OC(=O)CCCCC/C=C\C/C=C\C/C=C\C/C=C\C/C=C\CC. The Morgan fingerprint density at radius 3 is 1.26 bits per heavy atom. The number of esters is 2. The Kier molecular flexibility index (Phi) is 40.2. The van der Waals surface area contributed by atoms with E-state index < -0.39 is 32.5 Å². The minimum Gasteiger partial charge on any atom is -0.462 e. The van der Waals surface area contributed by atoms with Crippen molar-refractivity contribution in [3.8, 4) is 0 Å². The molecule has 350 valence electrons. The van der Waals surface area contributed by atoms with Gasteiger partial charge in [-0.25, -0.2) is 4.57 Å². The first-order valence-electron chi connectivity index (χ1n) is 23.3. The summed E-state index contributed by atoms with van der Waals surface area (Å²) in [5.41, 5.74) is 0. The molecule has 0 heterocycles. The van der Waals surface area contributed by atoms with Gasteiger partial charge in [0.05, 0.1) is 27.7 Å². The lowest BCUT2D eigenvalue weighted by Crippen LogP contribution is -2.37. The van der Waals surface area contributed by atoms with Gasteiger partial charge in [-0.15, -0.1) is 0 Å². The van der Waals surface area contributed by atoms with Crippen LogP contribution in [0.3, 0.4) is 0 Å². The number of rotatable bonds is 40. The van der Waals surface area contributed by atoms with Crippen molar-refractivity contribution in [3.63, 3.8) is 0 Å². The number of phosphoric acid groups is 1. The van der Waals surface area contributed by atoms with Crippen LogP contribution in [0.15, 0.2) is 122 Å². The maximum atomic E-state index is 12.7. The number of nitrogens with zero attached hydrogens (tertiary/aromatic N) is 1. The molecule has 0 aromatic carbocycles. The van der Waals surface area contributed by atoms with Crippen molar-refractivity contribution in [3.05, 3.63) is 122 Å². The second-order valence-corrected chi connectivity index (χ2v) is 17.5. The lowest BCUT2D eigenvalue weighted by molar-refractivity contribution is -0.870. The van der Waals surface area contributed by atoms with Gasteiger partial charge in [0.25, 0.3) is 0 Å². The largest absolute Gasteiger partial charge is 0.472 e. The second kappa shape index (κ2) is 42.7. The molecule has 10 heteroatoms. The lowest BCUT2D eigenvalue weighted by atomic mass is 10.1. The minimum absolute atomic E-state index is 0.0113. The third kappa shape index (κ3) is 45.9. The van der Waals surface area contributed by atoms with Gasteiger partial charge in [-0.1, -0.05) is 148 Å². The van der Waals surface area contributed by atoms with Crippen molar-refractivity contribution in [2.45, 2.75) is 148 Å². The van der Waals surface area contributed by atoms with E-state index in [1.807, 2.05) is 21.1 Å². The maximum absolute atomic E-state index is 12.7. The third-order valence-corrected chi connectivity index (χ3v) is 9.97. The molecule has 0 bridgehead atoms. The van der Waals surface area contributed by atoms with Crippen molar-refractivity contribution in [1.82, 2.24) is 0 Å². The standard InChI is InChI=1S/C52H84NO8P/c1-6-8-10-12-14-16-18-20-22-24-26-28-30-32-34-36-38-40-42-44-51(54)58-48-50(49-60-62(56,57)59-47-46-53(3,4)5)61-52(55)45-43-41-39-37-35-33-31-29-27-25-23-21-19-17-15-13-11-9-7-2/h8-11,14-17,20-23,26-29,32-35,50H,6-7,12-13,18-19,24-25,30-31,36-49H2,1-5H3/p+1/b10-8-,11-9-,16-14-,17-15-,22-20-,23-21-,28-26-,29-27-,34-32-,35-33-. The Balaban J connectivity index is 4.49. The molecule has 0 fully saturated rings. The average Bonchev–Trinajstić information content (AvgIpc) is 3.23. The zero-order chi connectivity index (χ0) is 45.7. The van der Waals surface area contributed by atoms with E-state index in [0.717, 1.165) is 103 Å². The molecule has 0 aliphatic heterocycles. The van der Waals surface area contributed by atoms with Crippen molar-refractivity contribution in [1.29, 1.82) is 0 Å². The molecule has 0 aromatic rings. The fourth-order valence-corrected chi connectivity index (χ4v) is 6.16. The van der Waals surface area contributed by atoms with Crippen molar-refractivity contribution in [2.24, 2.45) is 0 Å². The van der Waals surface area contributed by atoms with Gasteiger partial charge < -0.3 is 18.9 Å². The molecule has 0 radical (unpaired) electrons. The summed E-state index contributed by atoms with van der Waals surface area (Å²) in [5.74, 6) is -0.888. The molecule has 0 aliphatic carbocycles. The van der Waals surface area contributed by atoms with E-state index in [-0.39, 0.29) is 26.1 Å². The van der Waals surface area contributed by atoms with Crippen LogP contribution in [0, 0.1) is 0 Å². The molecule has 1 N–H and O–H groups in total. The number of carbonyl (C=O) groups excluding carboxylic acids is 2. The predicted molar refractivity (Wildman–Crippen MR) is 261 cm³/mol. The zero-order valence-corrected chi connectivity index (χ0v) is 40.2. The minimum atomic E-state index is -4.41. The molecule has 0 saturated heterocycles. The molecule has 0 rings (SSSR count). The second-order valence-electron chi connectivity index (χ2n) is 16.0. The molecular weight excluding hydrogens is 798 g/mol. The number of phosphoric ester groups is 1. The van der Waals surface area contributed by atoms with Crippen LogP contribution in [0.2, 0.25) is 0 Å². The van der Waals surface area contributed by atoms with Crippen molar-refractivity contribution in [2.75, 3.05) is 47.5 Å². The van der Waals surface area contributed by atoms with Crippen LogP contribution in [0.5, 0.6) is 0 Å². The van der Waals surface area contributed by atoms with E-state index in [1.54, 1.807) is 0 Å². The molecule has 0 spiro atoms. The Labute approximate surface area is 378 Å². The monoisotopic (exact) mass is 883 g/mol. The summed E-state index contributed by atoms with van der Waals surface area (Å²) < 4.78 is 34.3. The fraction of sp³-hybridized carbons (Fsp3) is 0.577. The van der Waals surface area contributed by atoms with E-state index >= 15 is 0 Å². The number of allylic oxidation sites excluding steroid dienone is 20. The van der Waals surface area contributed by atoms with Crippen LogP contribution in [0.25, 0.3) is 0 Å². The summed E-state index contributed by atoms with van der Waals surface area (Å²) in [6.07, 6.45) is 59.6. The number of quaternary nitrogens is 1. The topological polar surface area (TPSA) is 108 Å². The third-order valence-electron chi connectivity index (χ3n) is 8.99. The smallest absolute Gasteiger partial charge is 0.462 e. The number of unbranched alkanes of at least 4 members (excludes halogenated alkanes) is 6. The van der Waals surface area contributed by atoms with Crippen LogP contribution >= 0.6 is 7.82 Å². The summed E-state index contributed by atoms with van der Waals surface area (Å²) in [6, 6.07) is 0. The number of hydrogen-bond donors (Lipinski definition) is 1. The van der Waals surface area contributed by atoms with Crippen LogP contribution in [0.1, 0.15) is 142 Å². The highest BCUT2D eigenvalue weighted by Crippen LogP contribution is 2.43. The molecule has 0 aliphatic rings. The Hall–Kier alpha value is -3.59. The molecule has 62 heavy (non-hydrogen) atoms. The Bertz CT molecular complexity index is 1460. The van der Waals surface area contributed by atoms with Crippen molar-refractivity contribution < 1.29 is 42.1 Å². The van der Waals surface area contributed by atoms with Crippen LogP contribution in [-0.2, 0) is 32.7 Å². The highest BCUT2D eigenvalue weighted by atomic mass is 31.2. The Morgan fingerprint density at radius 2 is 0.871 bits per heavy atom. The van der Waals surface area contributed by atoms with Crippen LogP contribution < -0.4 is 0 Å². The zero-order valence-electron chi connectivity index (χ0n) is 39.3. The molecule has 0 saturated carbocycles. The average molecular weight is 883 g/mol. The molecule has 0 aromatic heterocycles. The normalized spacial score (nSPS) is 14.6. The van der Waals surface area contributed by atoms with E-state index in [0.29, 0.717) is 23.9 Å². The summed E-state index contributed by atoms with van der Waals surface area (Å²) in [7, 11) is 1.41. The molecule has 0 amide bonds. The Morgan fingerprint density at radius 1 is 0.500 bits per heavy atom. The van der Waals surface area contributed by atoms with Gasteiger partial charge >= 0.3 is 19.8 Å². The molecule has 2 unspecified atom stereocenters. The quantitative estimate of drug-likeness (QED) is 0.0213. The summed E-state index contributed by atoms with van der Waals surface area (Å²) in [4.78, 5) is 35.5. The van der Waals surface area contributed by atoms with Gasteiger partial charge in [-0.2, -0.15) is 0 Å². The van der Waals surface area contributed by atoms with E-state index in [4.69, 9.17) is 18.5 Å². The number of carbonyl (C=O) groups is 2. The lowest BCUT2D eigenvalue weighted by Gasteiger charge is -2.24. The van der Waals surface area contributed by atoms with Gasteiger partial charge in [-0.3, -0.25) is 18.6 Å². The van der Waals surface area contributed by atoms with Gasteiger partial charge in [0.1, 0.15) is 19.8 Å². The summed E-state index contributed by atoms with van der Waals surface area (Å²) >= 11 is 0. The van der Waals surface area contributed by atoms with Gasteiger partial charge in [0.2, 0.25) is 0 Å². The van der Waals surface area contributed by atoms with E-state index in [2.05, 4.69) is 135 Å². The predicted octanol–water partition coefficient (Wildman–Crippen LogP) is 13.7. The van der Waals surface area contributed by atoms with E-state index in [1.165, 1.54) is 0 Å². The molecule has 2 atom stereocenters. The first-order valence-corrected chi connectivity index (χ1v) is 24.8. The molecule has 9 nitrogen and oxygen atoms in total. The number of ether oxygens (including phenoxy) is 2. The highest BCUT2D eigenvalue weighted by Gasteiger charge is 2.27. The molecular formula is C52H85NO8P+. The maximum Gasteiger partial charge on any atom is 0.472 e. The summed E-state index contributed by atoms with van der Waals surface area (Å²) in [5, 5.41) is 0. The first kappa shape index (κ1) is 58.4. The van der Waals surface area contributed by atoms with Crippen molar-refractivity contribution >= 4 is 19.8 Å². The van der Waals surface area contributed by atoms with Gasteiger partial charge in [-0.05, 0) is 103 Å². The number of likely N-dealkylation sites (N-methyl/N-ethyl adjacent to an activating group) is 1. The van der Waals surface area contributed by atoms with Crippen LogP contribution in [-0.4, -0.2) is 74.9 Å². The summed E-state index contributed by atoms with van der Waals surface area (Å²) in [6.45, 7) is 4.08. The fourth-order valence-electron chi connectivity index (χ4n) is 5.42. The first-order chi connectivity index (χ1) is 30.0. The highest BCUT2D eigenvalue weighted by molar-refractivity contribution is 7.47. The van der Waals surface area contributed by atoms with Crippen LogP contribution in [0.4, 0.5) is 0 Å². The van der Waals surface area contributed by atoms with Gasteiger partial charge in [0, 0.05) is 12.8 Å². The number of hydrogen-bond acceptors (Lipinski definition) is 7. The van der Waals surface area contributed by atoms with E-state index in [9.17, 15) is 19.0 Å². The van der Waals surface area contributed by atoms with Gasteiger partial charge in [0.15, 0.2) is 6.10 Å².